The van der Waals surface area contributed by atoms with Gasteiger partial charge in [0.2, 0.25) is 0 Å². The number of benzene rings is 2. The molecule has 0 aliphatic heterocycles. The predicted molar refractivity (Wildman–Crippen MR) is 118 cm³/mol. The molecule has 9 heteroatoms. The Hall–Kier alpha value is -3.49. The van der Waals surface area contributed by atoms with Crippen molar-refractivity contribution < 1.29 is 9.59 Å². The van der Waals surface area contributed by atoms with Crippen molar-refractivity contribution in [2.45, 2.75) is 6.92 Å². The van der Waals surface area contributed by atoms with Crippen LogP contribution >= 0.6 is 22.9 Å². The molecule has 3 N–H and O–H groups in total. The lowest BCUT2D eigenvalue weighted by atomic mass is 10.1. The second-order valence-corrected chi connectivity index (χ2v) is 7.76. The fourth-order valence-corrected chi connectivity index (χ4v) is 3.55. The van der Waals surface area contributed by atoms with Crippen molar-refractivity contribution in [2.24, 2.45) is 0 Å². The molecule has 0 atom stereocenters. The number of aromatic nitrogens is 3. The van der Waals surface area contributed by atoms with Gasteiger partial charge in [-0.2, -0.15) is 5.10 Å². The summed E-state index contributed by atoms with van der Waals surface area (Å²) in [5.41, 5.74) is 2.10. The van der Waals surface area contributed by atoms with E-state index in [1.54, 1.807) is 42.5 Å². The fraction of sp³-hybridized carbons (Fsp3) is 0.0476. The van der Waals surface area contributed by atoms with Crippen LogP contribution in [0.2, 0.25) is 5.02 Å². The molecule has 0 radical (unpaired) electrons. The molecule has 2 amide bonds. The second-order valence-electron chi connectivity index (χ2n) is 6.41. The number of hydrogen-bond donors (Lipinski definition) is 3. The number of carbonyl (C=O) groups excluding carboxylic acids is 2. The summed E-state index contributed by atoms with van der Waals surface area (Å²) in [6.07, 6.45) is 0. The maximum absolute atomic E-state index is 12.7. The van der Waals surface area contributed by atoms with Crippen molar-refractivity contribution in [3.05, 3.63) is 81.3 Å². The topological polar surface area (TPSA) is 99.8 Å². The van der Waals surface area contributed by atoms with Gasteiger partial charge in [-0.25, -0.2) is 4.98 Å². The molecule has 0 spiro atoms. The molecule has 4 rings (SSSR count). The molecule has 0 saturated heterocycles. The number of aromatic amines is 1. The molecule has 2 aromatic heterocycles. The first-order chi connectivity index (χ1) is 14.5. The second kappa shape index (κ2) is 8.48. The summed E-state index contributed by atoms with van der Waals surface area (Å²) < 4.78 is 0. The summed E-state index contributed by atoms with van der Waals surface area (Å²) >= 11 is 7.52. The molecule has 30 heavy (non-hydrogen) atoms. The number of nitrogens with zero attached hydrogens (tertiary/aromatic N) is 2. The molecule has 0 bridgehead atoms. The van der Waals surface area contributed by atoms with Gasteiger partial charge in [0.15, 0.2) is 5.82 Å². The highest BCUT2D eigenvalue weighted by Gasteiger charge is 2.14. The molecule has 0 saturated carbocycles. The molecule has 0 aliphatic rings. The molecule has 7 nitrogen and oxygen atoms in total. The number of hydrogen-bond acceptors (Lipinski definition) is 5. The lowest BCUT2D eigenvalue weighted by Gasteiger charge is -2.10. The monoisotopic (exact) mass is 437 g/mol. The Bertz CT molecular complexity index is 1220. The van der Waals surface area contributed by atoms with Gasteiger partial charge in [-0.1, -0.05) is 29.8 Å². The number of thiophene rings is 1. The van der Waals surface area contributed by atoms with Crippen LogP contribution in [0.3, 0.4) is 0 Å². The zero-order valence-corrected chi connectivity index (χ0v) is 17.3. The number of H-pyrrole nitrogens is 1. The Morgan fingerprint density at radius 1 is 1.03 bits per heavy atom. The molecular formula is C21H16ClN5O2S. The van der Waals surface area contributed by atoms with Gasteiger partial charge in [0.05, 0.1) is 15.6 Å². The average Bonchev–Trinajstić information content (AvgIpc) is 3.42. The molecule has 2 aromatic carbocycles. The highest BCUT2D eigenvalue weighted by Crippen LogP contribution is 2.25. The molecule has 150 valence electrons. The van der Waals surface area contributed by atoms with Gasteiger partial charge in [0.1, 0.15) is 5.82 Å². The van der Waals surface area contributed by atoms with Gasteiger partial charge in [-0.05, 0) is 48.7 Å². The normalized spacial score (nSPS) is 10.6. The third-order valence-electron chi connectivity index (χ3n) is 4.20. The number of rotatable bonds is 5. The summed E-state index contributed by atoms with van der Waals surface area (Å²) in [7, 11) is 0. The number of nitrogens with one attached hydrogen (secondary N) is 3. The summed E-state index contributed by atoms with van der Waals surface area (Å²) in [4.78, 5) is 29.9. The van der Waals surface area contributed by atoms with Crippen LogP contribution in [-0.2, 0) is 0 Å². The number of anilines is 2. The number of aryl methyl sites for hydroxylation is 1. The van der Waals surface area contributed by atoms with Crippen molar-refractivity contribution in [1.29, 1.82) is 0 Å². The third kappa shape index (κ3) is 4.40. The van der Waals surface area contributed by atoms with Crippen molar-refractivity contribution in [2.75, 3.05) is 10.6 Å². The molecular weight excluding hydrogens is 422 g/mol. The Labute approximate surface area is 181 Å². The molecule has 0 unspecified atom stereocenters. The zero-order chi connectivity index (χ0) is 21.1. The van der Waals surface area contributed by atoms with Crippen molar-refractivity contribution in [3.63, 3.8) is 0 Å². The summed E-state index contributed by atoms with van der Waals surface area (Å²) in [5, 5.41) is 14.7. The Kier molecular flexibility index (Phi) is 5.60. The van der Waals surface area contributed by atoms with Gasteiger partial charge in [-0.15, -0.1) is 11.3 Å². The van der Waals surface area contributed by atoms with Gasteiger partial charge >= 0.3 is 0 Å². The number of amides is 2. The Balaban J connectivity index is 1.52. The van der Waals surface area contributed by atoms with Gasteiger partial charge in [-0.3, -0.25) is 14.7 Å². The summed E-state index contributed by atoms with van der Waals surface area (Å²) in [6.45, 7) is 1.82. The van der Waals surface area contributed by atoms with Crippen LogP contribution in [0.1, 0.15) is 25.9 Å². The number of carbonyl (C=O) groups is 2. The Morgan fingerprint density at radius 2 is 1.90 bits per heavy atom. The highest BCUT2D eigenvalue weighted by molar-refractivity contribution is 7.12. The van der Waals surface area contributed by atoms with Crippen molar-refractivity contribution in [1.82, 2.24) is 15.2 Å². The van der Waals surface area contributed by atoms with E-state index in [-0.39, 0.29) is 11.8 Å². The van der Waals surface area contributed by atoms with Crippen LogP contribution in [0, 0.1) is 6.92 Å². The quantitative estimate of drug-likeness (QED) is 0.409. The first kappa shape index (κ1) is 19.8. The van der Waals surface area contributed by atoms with Gasteiger partial charge < -0.3 is 10.6 Å². The van der Waals surface area contributed by atoms with E-state index in [0.717, 1.165) is 5.56 Å². The van der Waals surface area contributed by atoms with Crippen LogP contribution in [0.5, 0.6) is 0 Å². The van der Waals surface area contributed by atoms with E-state index < -0.39 is 0 Å². The minimum absolute atomic E-state index is 0.279. The van der Waals surface area contributed by atoms with Gasteiger partial charge in [0, 0.05) is 16.8 Å². The van der Waals surface area contributed by atoms with Crippen LogP contribution in [-0.4, -0.2) is 27.0 Å². The van der Waals surface area contributed by atoms with Crippen LogP contribution < -0.4 is 10.6 Å². The largest absolute Gasteiger partial charge is 0.322 e. The predicted octanol–water partition coefficient (Wildman–Crippen LogP) is 5.00. The first-order valence-electron chi connectivity index (χ1n) is 8.95. The van der Waals surface area contributed by atoms with E-state index in [1.807, 2.05) is 24.4 Å². The smallest absolute Gasteiger partial charge is 0.265 e. The van der Waals surface area contributed by atoms with Crippen LogP contribution in [0.15, 0.2) is 60.0 Å². The molecule has 0 fully saturated rings. The van der Waals surface area contributed by atoms with Crippen LogP contribution in [0.25, 0.3) is 11.4 Å². The summed E-state index contributed by atoms with van der Waals surface area (Å²) in [5.74, 6) is 0.645. The molecule has 2 heterocycles. The van der Waals surface area contributed by atoms with E-state index in [0.29, 0.717) is 38.5 Å². The maximum Gasteiger partial charge on any atom is 0.265 e. The fourth-order valence-electron chi connectivity index (χ4n) is 2.77. The van der Waals surface area contributed by atoms with E-state index in [4.69, 9.17) is 11.6 Å². The maximum atomic E-state index is 12.7. The van der Waals surface area contributed by atoms with Crippen molar-refractivity contribution in [3.8, 4) is 11.4 Å². The number of halogens is 1. The lowest BCUT2D eigenvalue weighted by Crippen LogP contribution is -2.14. The highest BCUT2D eigenvalue weighted by atomic mass is 35.5. The molecule has 4 aromatic rings. The Morgan fingerprint density at radius 3 is 2.63 bits per heavy atom. The van der Waals surface area contributed by atoms with Crippen molar-refractivity contribution >= 4 is 46.1 Å². The minimum Gasteiger partial charge on any atom is -0.322 e. The molecule has 0 aliphatic carbocycles. The average molecular weight is 438 g/mol. The van der Waals surface area contributed by atoms with E-state index in [9.17, 15) is 9.59 Å². The zero-order valence-electron chi connectivity index (χ0n) is 15.8. The van der Waals surface area contributed by atoms with E-state index in [2.05, 4.69) is 25.8 Å². The first-order valence-corrected chi connectivity index (χ1v) is 10.2. The van der Waals surface area contributed by atoms with E-state index >= 15 is 0 Å². The third-order valence-corrected chi connectivity index (χ3v) is 5.40. The SMILES string of the molecule is Cc1nc(-c2cccc(NC(=O)c3ccc(Cl)c(NC(=O)c4cccs4)c3)c2)n[nH]1. The van der Waals surface area contributed by atoms with Crippen LogP contribution in [0.4, 0.5) is 11.4 Å². The van der Waals surface area contributed by atoms with Gasteiger partial charge in [0.25, 0.3) is 11.8 Å². The van der Waals surface area contributed by atoms with E-state index in [1.165, 1.54) is 11.3 Å². The standard InChI is InChI=1S/C21H16ClN5O2S/c1-12-23-19(27-26-12)13-4-2-5-15(10-13)24-20(28)14-7-8-16(22)17(11-14)25-21(29)18-6-3-9-30-18/h2-11H,1H3,(H,24,28)(H,25,29)(H,23,26,27). The minimum atomic E-state index is -0.332. The summed E-state index contributed by atoms with van der Waals surface area (Å²) in [6, 6.07) is 15.5. The lowest BCUT2D eigenvalue weighted by molar-refractivity contribution is 0.101.